The van der Waals surface area contributed by atoms with Crippen molar-refractivity contribution in [2.75, 3.05) is 13.2 Å². The second-order valence-corrected chi connectivity index (χ2v) is 21.0. The van der Waals surface area contributed by atoms with Gasteiger partial charge < -0.3 is 39.0 Å². The van der Waals surface area contributed by atoms with E-state index in [-0.39, 0.29) is 25.9 Å². The third-order valence-electron chi connectivity index (χ3n) is 13.9. The molecule has 0 bridgehead atoms. The van der Waals surface area contributed by atoms with Gasteiger partial charge in [-0.05, 0) is 77.0 Å². The summed E-state index contributed by atoms with van der Waals surface area (Å²) < 4.78 is 28.5. The Hall–Kier alpha value is -3.32. The highest BCUT2D eigenvalue weighted by Crippen LogP contribution is 2.27. The summed E-state index contributed by atoms with van der Waals surface area (Å²) in [6.45, 7) is 5.88. The van der Waals surface area contributed by atoms with Crippen LogP contribution in [-0.2, 0) is 42.9 Å². The molecule has 0 spiro atoms. The van der Waals surface area contributed by atoms with Crippen LogP contribution in [0.2, 0.25) is 0 Å². The number of carboxylic acid groups (broad SMARTS) is 1. The van der Waals surface area contributed by atoms with Crippen LogP contribution in [0, 0.1) is 0 Å². The Labute approximate surface area is 456 Å². The van der Waals surface area contributed by atoms with Gasteiger partial charge in [0.1, 0.15) is 18.8 Å². The van der Waals surface area contributed by atoms with E-state index in [0.717, 1.165) is 103 Å². The third-order valence-corrected chi connectivity index (χ3v) is 13.9. The Balaban J connectivity index is 2.68. The standard InChI is InChI=1S/C63H110O12/c1-4-7-10-13-16-19-22-25-27-28-30-32-34-37-40-43-46-49-55(64)71-52-54(73-56(65)50-47-44-41-38-36-33-29-26-23-20-17-14-11-8-5-2)53-72-63-61(59(68)58(67)60(75-63)62(69)70)74-57(66)51-48-45-42-39-35-31-24-21-18-15-12-9-6-3/h8,11,17,20,25-27,29,54,58-61,63,67-68H,4-7,9-10,12-16,18-19,21-24,28,30-53H2,1-3H3,(H,69,70)/b11-8-,20-17-,27-25-,29-26-. The van der Waals surface area contributed by atoms with Gasteiger partial charge in [0.2, 0.25) is 0 Å². The van der Waals surface area contributed by atoms with Gasteiger partial charge in [0.05, 0.1) is 6.61 Å². The van der Waals surface area contributed by atoms with E-state index in [1.807, 2.05) is 0 Å². The number of carboxylic acids is 1. The van der Waals surface area contributed by atoms with Crippen LogP contribution in [-0.4, -0.2) is 89.2 Å². The van der Waals surface area contributed by atoms with Crippen molar-refractivity contribution >= 4 is 23.9 Å². The fraction of sp³-hybridized carbons (Fsp3) is 0.810. The van der Waals surface area contributed by atoms with Crippen LogP contribution in [0.4, 0.5) is 0 Å². The van der Waals surface area contributed by atoms with E-state index in [1.54, 1.807) is 0 Å². The normalized spacial score (nSPS) is 18.4. The van der Waals surface area contributed by atoms with Crippen molar-refractivity contribution in [2.45, 2.75) is 314 Å². The van der Waals surface area contributed by atoms with Gasteiger partial charge in [-0.15, -0.1) is 0 Å². The first-order chi connectivity index (χ1) is 36.6. The van der Waals surface area contributed by atoms with Crippen LogP contribution in [0.25, 0.3) is 0 Å². The number of carbonyl (C=O) groups excluding carboxylic acids is 3. The minimum atomic E-state index is -1.90. The minimum Gasteiger partial charge on any atom is -0.479 e. The number of aliphatic hydroxyl groups is 2. The summed E-state index contributed by atoms with van der Waals surface area (Å²) in [5.74, 6) is -3.13. The number of rotatable bonds is 52. The largest absolute Gasteiger partial charge is 0.479 e. The Morgan fingerprint density at radius 3 is 1.29 bits per heavy atom. The predicted octanol–water partition coefficient (Wildman–Crippen LogP) is 15.8. The molecular formula is C63H110O12. The van der Waals surface area contributed by atoms with E-state index in [0.29, 0.717) is 19.3 Å². The maximum atomic E-state index is 13.1. The van der Waals surface area contributed by atoms with E-state index in [1.165, 1.54) is 116 Å². The predicted molar refractivity (Wildman–Crippen MR) is 303 cm³/mol. The van der Waals surface area contributed by atoms with Crippen molar-refractivity contribution in [2.24, 2.45) is 0 Å². The van der Waals surface area contributed by atoms with Gasteiger partial charge in [-0.1, -0.05) is 230 Å². The van der Waals surface area contributed by atoms with Crippen LogP contribution in [0.3, 0.4) is 0 Å². The first kappa shape index (κ1) is 69.7. The summed E-state index contributed by atoms with van der Waals surface area (Å²) in [5.41, 5.74) is 0. The number of aliphatic hydroxyl groups excluding tert-OH is 2. The van der Waals surface area contributed by atoms with Gasteiger partial charge >= 0.3 is 23.9 Å². The molecule has 0 amide bonds. The molecule has 1 saturated heterocycles. The maximum absolute atomic E-state index is 13.1. The van der Waals surface area contributed by atoms with Gasteiger partial charge in [0.25, 0.3) is 0 Å². The van der Waals surface area contributed by atoms with Crippen molar-refractivity contribution in [3.8, 4) is 0 Å². The first-order valence-corrected chi connectivity index (χ1v) is 30.6. The molecule has 1 aliphatic heterocycles. The average molecular weight is 1060 g/mol. The smallest absolute Gasteiger partial charge is 0.335 e. The van der Waals surface area contributed by atoms with E-state index < -0.39 is 67.3 Å². The summed E-state index contributed by atoms with van der Waals surface area (Å²) in [7, 11) is 0. The lowest BCUT2D eigenvalue weighted by atomic mass is 9.98. The molecule has 6 atom stereocenters. The molecule has 1 fully saturated rings. The molecule has 6 unspecified atom stereocenters. The Morgan fingerprint density at radius 2 is 0.840 bits per heavy atom. The SMILES string of the molecule is CC/C=C\C/C=C\C/C=C\CCCCCCCC(=O)OC(COC(=O)CCCCCCCCC/C=C\CCCCCCCC)COC1OC(C(=O)O)C(O)C(O)C1OC(=O)CCCCCCCCCCCCCCC. The highest BCUT2D eigenvalue weighted by atomic mass is 16.7. The lowest BCUT2D eigenvalue weighted by Crippen LogP contribution is -2.61. The van der Waals surface area contributed by atoms with Crippen molar-refractivity contribution in [3.63, 3.8) is 0 Å². The molecule has 0 radical (unpaired) electrons. The Kier molecular flexibility index (Phi) is 47.8. The lowest BCUT2D eigenvalue weighted by Gasteiger charge is -2.40. The molecule has 1 aliphatic rings. The van der Waals surface area contributed by atoms with Crippen LogP contribution >= 0.6 is 0 Å². The molecule has 0 aliphatic carbocycles. The van der Waals surface area contributed by atoms with Crippen LogP contribution in [0.1, 0.15) is 278 Å². The van der Waals surface area contributed by atoms with Gasteiger partial charge in [0.15, 0.2) is 24.6 Å². The molecule has 12 nitrogen and oxygen atoms in total. The van der Waals surface area contributed by atoms with Gasteiger partial charge in [-0.2, -0.15) is 0 Å². The summed E-state index contributed by atoms with van der Waals surface area (Å²) in [4.78, 5) is 51.2. The number of esters is 3. The molecule has 0 saturated carbocycles. The quantitative estimate of drug-likeness (QED) is 0.0228. The summed E-state index contributed by atoms with van der Waals surface area (Å²) >= 11 is 0. The molecule has 1 rings (SSSR count). The molecule has 0 aromatic carbocycles. The Bertz CT molecular complexity index is 1490. The van der Waals surface area contributed by atoms with Gasteiger partial charge in [0, 0.05) is 19.3 Å². The molecule has 434 valence electrons. The topological polar surface area (TPSA) is 175 Å². The third kappa shape index (κ3) is 41.5. The molecular weight excluding hydrogens is 949 g/mol. The Morgan fingerprint density at radius 1 is 0.453 bits per heavy atom. The van der Waals surface area contributed by atoms with E-state index in [2.05, 4.69) is 69.4 Å². The second-order valence-electron chi connectivity index (χ2n) is 21.0. The van der Waals surface area contributed by atoms with Gasteiger partial charge in [-0.25, -0.2) is 4.79 Å². The molecule has 3 N–H and O–H groups in total. The number of ether oxygens (including phenoxy) is 5. The van der Waals surface area contributed by atoms with Crippen molar-refractivity contribution in [1.29, 1.82) is 0 Å². The summed E-state index contributed by atoms with van der Waals surface area (Å²) in [5, 5.41) is 31.5. The lowest BCUT2D eigenvalue weighted by molar-refractivity contribution is -0.301. The van der Waals surface area contributed by atoms with Crippen molar-refractivity contribution < 1.29 is 58.2 Å². The fourth-order valence-corrected chi connectivity index (χ4v) is 9.20. The summed E-state index contributed by atoms with van der Waals surface area (Å²) in [6.07, 6.45) is 49.3. The molecule has 75 heavy (non-hydrogen) atoms. The molecule has 1 heterocycles. The first-order valence-electron chi connectivity index (χ1n) is 30.6. The highest BCUT2D eigenvalue weighted by Gasteiger charge is 2.50. The second kappa shape index (κ2) is 51.4. The molecule has 0 aromatic heterocycles. The monoisotopic (exact) mass is 1060 g/mol. The van der Waals surface area contributed by atoms with Crippen LogP contribution in [0.15, 0.2) is 48.6 Å². The number of carbonyl (C=O) groups is 4. The van der Waals surface area contributed by atoms with Crippen molar-refractivity contribution in [3.05, 3.63) is 48.6 Å². The van der Waals surface area contributed by atoms with Crippen molar-refractivity contribution in [1.82, 2.24) is 0 Å². The maximum Gasteiger partial charge on any atom is 0.335 e. The average Bonchev–Trinajstić information content (AvgIpc) is 3.39. The number of hydrogen-bond donors (Lipinski definition) is 3. The van der Waals surface area contributed by atoms with Crippen LogP contribution in [0.5, 0.6) is 0 Å². The highest BCUT2D eigenvalue weighted by molar-refractivity contribution is 5.74. The summed E-state index contributed by atoms with van der Waals surface area (Å²) in [6, 6.07) is 0. The zero-order chi connectivity index (χ0) is 54.7. The zero-order valence-electron chi connectivity index (χ0n) is 47.8. The molecule has 0 aromatic rings. The number of unbranched alkanes of at least 4 members (excludes halogenated alkanes) is 30. The van der Waals surface area contributed by atoms with E-state index in [9.17, 15) is 34.5 Å². The van der Waals surface area contributed by atoms with Crippen LogP contribution < -0.4 is 0 Å². The number of aliphatic carboxylic acids is 1. The van der Waals surface area contributed by atoms with E-state index >= 15 is 0 Å². The van der Waals surface area contributed by atoms with E-state index in [4.69, 9.17) is 23.7 Å². The zero-order valence-corrected chi connectivity index (χ0v) is 47.8. The fourth-order valence-electron chi connectivity index (χ4n) is 9.20. The van der Waals surface area contributed by atoms with Gasteiger partial charge in [-0.3, -0.25) is 14.4 Å². The molecule has 12 heteroatoms. The number of hydrogen-bond acceptors (Lipinski definition) is 11. The minimum absolute atomic E-state index is 0.0616. The number of allylic oxidation sites excluding steroid dienone is 8.